The Kier molecular flexibility index (Phi) is 7.04. The molecule has 33 heavy (non-hydrogen) atoms. The van der Waals surface area contributed by atoms with E-state index in [-0.39, 0.29) is 5.56 Å². The van der Waals surface area contributed by atoms with Gasteiger partial charge in [-0.25, -0.2) is 0 Å². The average Bonchev–Trinajstić information content (AvgIpc) is 3.37. The number of hydrogen-bond acceptors (Lipinski definition) is 7. The summed E-state index contributed by atoms with van der Waals surface area (Å²) in [5, 5.41) is 4.41. The van der Waals surface area contributed by atoms with Crippen LogP contribution in [0, 0.1) is 0 Å². The molecular formula is C25H25N3O4S. The van der Waals surface area contributed by atoms with Crippen molar-refractivity contribution in [2.24, 2.45) is 0 Å². The topological polar surface area (TPSA) is 75.0 Å². The lowest BCUT2D eigenvalue weighted by Gasteiger charge is -2.11. The van der Waals surface area contributed by atoms with Crippen LogP contribution in [0.25, 0.3) is 22.4 Å². The van der Waals surface area contributed by atoms with Crippen molar-refractivity contribution >= 4 is 22.4 Å². The van der Waals surface area contributed by atoms with E-state index in [4.69, 9.17) is 14.2 Å². The monoisotopic (exact) mass is 463 g/mol. The fourth-order valence-electron chi connectivity index (χ4n) is 3.18. The minimum Gasteiger partial charge on any atom is -0.490 e. The fraction of sp³-hybridized carbons (Fsp3) is 0.240. The van der Waals surface area contributed by atoms with Gasteiger partial charge >= 0.3 is 0 Å². The number of thiazole rings is 1. The molecule has 0 aliphatic rings. The summed E-state index contributed by atoms with van der Waals surface area (Å²) in [7, 11) is 0. The van der Waals surface area contributed by atoms with E-state index < -0.39 is 0 Å². The molecular weight excluding hydrogens is 438 g/mol. The minimum atomic E-state index is -0.205. The Hall–Kier alpha value is -3.65. The van der Waals surface area contributed by atoms with Crippen molar-refractivity contribution in [2.75, 3.05) is 19.8 Å². The van der Waals surface area contributed by atoms with E-state index in [0.717, 1.165) is 23.3 Å². The Balaban J connectivity index is 1.63. The van der Waals surface area contributed by atoms with Crippen molar-refractivity contribution in [3.05, 3.63) is 75.6 Å². The lowest BCUT2D eigenvalue weighted by Crippen LogP contribution is -2.23. The van der Waals surface area contributed by atoms with Gasteiger partial charge in [-0.3, -0.25) is 4.79 Å². The maximum absolute atomic E-state index is 12.9. The maximum Gasteiger partial charge on any atom is 0.291 e. The van der Waals surface area contributed by atoms with Crippen molar-refractivity contribution in [1.29, 1.82) is 0 Å². The van der Waals surface area contributed by atoms with Gasteiger partial charge in [0.05, 0.1) is 17.7 Å². The normalized spacial score (nSPS) is 11.6. The highest BCUT2D eigenvalue weighted by atomic mass is 32.1. The van der Waals surface area contributed by atoms with Crippen LogP contribution in [0.2, 0.25) is 0 Å². The van der Waals surface area contributed by atoms with Gasteiger partial charge in [-0.05, 0) is 61.4 Å². The molecule has 2 heterocycles. The molecule has 0 saturated heterocycles. The predicted molar refractivity (Wildman–Crippen MR) is 130 cm³/mol. The van der Waals surface area contributed by atoms with E-state index in [2.05, 4.69) is 23.6 Å². The number of hydrogen-bond donors (Lipinski definition) is 0. The summed E-state index contributed by atoms with van der Waals surface area (Å²) in [6, 6.07) is 13.1. The van der Waals surface area contributed by atoms with E-state index in [1.54, 1.807) is 6.08 Å². The van der Waals surface area contributed by atoms with Crippen LogP contribution in [-0.4, -0.2) is 34.4 Å². The molecule has 0 N–H and O–H groups in total. The highest BCUT2D eigenvalue weighted by Crippen LogP contribution is 2.29. The first kappa shape index (κ1) is 22.5. The van der Waals surface area contributed by atoms with Crippen molar-refractivity contribution < 1.29 is 14.2 Å². The van der Waals surface area contributed by atoms with Crippen molar-refractivity contribution in [1.82, 2.24) is 14.6 Å². The van der Waals surface area contributed by atoms with Crippen molar-refractivity contribution in [2.45, 2.75) is 20.3 Å². The second-order valence-corrected chi connectivity index (χ2v) is 8.17. The molecule has 0 aliphatic carbocycles. The minimum absolute atomic E-state index is 0.205. The molecule has 0 amide bonds. The third-order valence-electron chi connectivity index (χ3n) is 4.69. The van der Waals surface area contributed by atoms with E-state index >= 15 is 0 Å². The summed E-state index contributed by atoms with van der Waals surface area (Å²) in [5.74, 6) is 2.59. The number of aromatic nitrogens is 3. The molecule has 2 aromatic carbocycles. The van der Waals surface area contributed by atoms with Gasteiger partial charge in [-0.1, -0.05) is 37.0 Å². The molecule has 0 aliphatic heterocycles. The van der Waals surface area contributed by atoms with Gasteiger partial charge < -0.3 is 14.2 Å². The summed E-state index contributed by atoms with van der Waals surface area (Å²) < 4.78 is 18.9. The summed E-state index contributed by atoms with van der Waals surface area (Å²) in [4.78, 5) is 18.0. The van der Waals surface area contributed by atoms with E-state index in [9.17, 15) is 4.79 Å². The molecule has 2 aromatic heterocycles. The van der Waals surface area contributed by atoms with Gasteiger partial charge in [0, 0.05) is 5.56 Å². The van der Waals surface area contributed by atoms with E-state index in [1.807, 2.05) is 55.5 Å². The number of ether oxygens (including phenoxy) is 3. The predicted octanol–water partition coefficient (Wildman–Crippen LogP) is 4.12. The van der Waals surface area contributed by atoms with Gasteiger partial charge in [0.15, 0.2) is 17.3 Å². The largest absolute Gasteiger partial charge is 0.490 e. The van der Waals surface area contributed by atoms with Crippen LogP contribution in [0.4, 0.5) is 0 Å². The Bertz CT molecular complexity index is 1360. The zero-order chi connectivity index (χ0) is 23.2. The number of rotatable bonds is 10. The highest BCUT2D eigenvalue weighted by Gasteiger charge is 2.13. The van der Waals surface area contributed by atoms with Crippen LogP contribution in [0.1, 0.15) is 25.8 Å². The Morgan fingerprint density at radius 1 is 1.06 bits per heavy atom. The van der Waals surface area contributed by atoms with Crippen LogP contribution in [0.5, 0.6) is 17.2 Å². The quantitative estimate of drug-likeness (QED) is 0.330. The van der Waals surface area contributed by atoms with Gasteiger partial charge in [0.25, 0.3) is 5.56 Å². The average molecular weight is 464 g/mol. The molecule has 0 fully saturated rings. The van der Waals surface area contributed by atoms with Gasteiger partial charge in [-0.2, -0.15) is 9.50 Å². The van der Waals surface area contributed by atoms with Gasteiger partial charge in [-0.15, -0.1) is 5.10 Å². The SMILES string of the molecule is C=CCOc1ccc(-c2nc3s/c(=C\c4ccc(OCCC)c(OCC)c4)c(=O)n3n2)cc1. The van der Waals surface area contributed by atoms with Crippen molar-refractivity contribution in [3.63, 3.8) is 0 Å². The molecule has 0 radical (unpaired) electrons. The van der Waals surface area contributed by atoms with Crippen molar-refractivity contribution in [3.8, 4) is 28.6 Å². The summed E-state index contributed by atoms with van der Waals surface area (Å²) in [6.07, 6.45) is 4.42. The van der Waals surface area contributed by atoms with Crippen LogP contribution in [0.15, 0.2) is 59.9 Å². The van der Waals surface area contributed by atoms with Crippen LogP contribution >= 0.6 is 11.3 Å². The summed E-state index contributed by atoms with van der Waals surface area (Å²) in [5.41, 5.74) is 1.45. The zero-order valence-corrected chi connectivity index (χ0v) is 19.4. The Morgan fingerprint density at radius 3 is 2.58 bits per heavy atom. The fourth-order valence-corrected chi connectivity index (χ4v) is 4.08. The third kappa shape index (κ3) is 5.06. The second kappa shape index (κ2) is 10.3. The molecule has 0 atom stereocenters. The molecule has 7 nitrogen and oxygen atoms in total. The van der Waals surface area contributed by atoms with Gasteiger partial charge in [0.2, 0.25) is 4.96 Å². The highest BCUT2D eigenvalue weighted by molar-refractivity contribution is 7.15. The van der Waals surface area contributed by atoms with Crippen LogP contribution < -0.4 is 24.3 Å². The molecule has 170 valence electrons. The van der Waals surface area contributed by atoms with Gasteiger partial charge in [0.1, 0.15) is 12.4 Å². The standard InChI is InChI=1S/C25H25N3O4S/c1-4-13-31-19-10-8-18(9-11-19)23-26-25-28(27-23)24(29)22(33-25)16-17-7-12-20(32-14-5-2)21(15-17)30-6-3/h4,7-12,15-16H,1,5-6,13-14H2,2-3H3/b22-16-. The molecule has 4 rings (SSSR count). The van der Waals surface area contributed by atoms with Crippen LogP contribution in [0.3, 0.4) is 0 Å². The Labute approximate surface area is 195 Å². The first-order valence-corrected chi connectivity index (χ1v) is 11.6. The van der Waals surface area contributed by atoms with E-state index in [1.165, 1.54) is 15.9 Å². The molecule has 8 heteroatoms. The molecule has 0 unspecified atom stereocenters. The number of nitrogens with zero attached hydrogens (tertiary/aromatic N) is 3. The molecule has 0 saturated carbocycles. The first-order valence-electron chi connectivity index (χ1n) is 10.8. The molecule has 0 spiro atoms. The third-order valence-corrected chi connectivity index (χ3v) is 5.65. The summed E-state index contributed by atoms with van der Waals surface area (Å²) in [6.45, 7) is 9.21. The molecule has 0 bridgehead atoms. The number of benzene rings is 2. The summed E-state index contributed by atoms with van der Waals surface area (Å²) >= 11 is 1.30. The zero-order valence-electron chi connectivity index (χ0n) is 18.6. The maximum atomic E-state index is 12.9. The lowest BCUT2D eigenvalue weighted by molar-refractivity contribution is 0.277. The second-order valence-electron chi connectivity index (χ2n) is 7.16. The smallest absolute Gasteiger partial charge is 0.291 e. The van der Waals surface area contributed by atoms with E-state index in [0.29, 0.717) is 46.6 Å². The Morgan fingerprint density at radius 2 is 1.88 bits per heavy atom. The number of fused-ring (bicyclic) bond motifs is 1. The lowest BCUT2D eigenvalue weighted by atomic mass is 10.2. The van der Waals surface area contributed by atoms with Crippen LogP contribution in [-0.2, 0) is 0 Å². The molecule has 4 aromatic rings. The first-order chi connectivity index (χ1) is 16.1.